The van der Waals surface area contributed by atoms with Gasteiger partial charge in [0.1, 0.15) is 23.5 Å². The number of benzene rings is 2. The standard InChI is InChI=1S/C25H31NO5/c1-3-29-18-15-20-21(17-27)19-7-5-8-22(24(19)25(20)23(16-18)30-4-2)31-12-6-9-26-10-13-28-14-11-26/h5,7-8,15-17,21H,3-4,6,9-14H2,1-2H3. The van der Waals surface area contributed by atoms with Gasteiger partial charge in [0.15, 0.2) is 0 Å². The number of hydrogen-bond acceptors (Lipinski definition) is 6. The maximum absolute atomic E-state index is 12.1. The van der Waals surface area contributed by atoms with Crippen molar-refractivity contribution in [1.29, 1.82) is 0 Å². The van der Waals surface area contributed by atoms with E-state index in [2.05, 4.69) is 4.90 Å². The second kappa shape index (κ2) is 10.2. The van der Waals surface area contributed by atoms with E-state index in [1.54, 1.807) is 0 Å². The maximum Gasteiger partial charge on any atom is 0.131 e. The van der Waals surface area contributed by atoms with Crippen molar-refractivity contribution >= 4 is 6.29 Å². The SMILES string of the molecule is CCOc1cc(OCC)c2c(c1)C(C=O)c1cccc(OCCCN3CCOCC3)c1-2. The number of morpholine rings is 1. The van der Waals surface area contributed by atoms with Crippen LogP contribution >= 0.6 is 0 Å². The maximum atomic E-state index is 12.1. The van der Waals surface area contributed by atoms with Gasteiger partial charge in [-0.05, 0) is 43.5 Å². The molecule has 1 saturated heterocycles. The Balaban J connectivity index is 1.60. The molecule has 1 unspecified atom stereocenters. The van der Waals surface area contributed by atoms with E-state index in [0.717, 1.165) is 85.1 Å². The normalized spacial score (nSPS) is 17.7. The summed E-state index contributed by atoms with van der Waals surface area (Å²) in [6, 6.07) is 9.82. The van der Waals surface area contributed by atoms with Gasteiger partial charge in [0, 0.05) is 36.8 Å². The van der Waals surface area contributed by atoms with Crippen molar-refractivity contribution in [2.24, 2.45) is 0 Å². The minimum atomic E-state index is -0.346. The summed E-state index contributed by atoms with van der Waals surface area (Å²) >= 11 is 0. The number of aldehydes is 1. The van der Waals surface area contributed by atoms with Crippen molar-refractivity contribution in [2.45, 2.75) is 26.2 Å². The highest BCUT2D eigenvalue weighted by atomic mass is 16.5. The average molecular weight is 426 g/mol. The van der Waals surface area contributed by atoms with E-state index in [9.17, 15) is 4.79 Å². The van der Waals surface area contributed by atoms with Gasteiger partial charge in [-0.1, -0.05) is 12.1 Å². The Hall–Kier alpha value is -2.57. The summed E-state index contributed by atoms with van der Waals surface area (Å²) in [4.78, 5) is 14.5. The van der Waals surface area contributed by atoms with Crippen LogP contribution in [0.2, 0.25) is 0 Å². The highest BCUT2D eigenvalue weighted by molar-refractivity contribution is 5.94. The molecule has 1 aliphatic carbocycles. The zero-order chi connectivity index (χ0) is 21.6. The van der Waals surface area contributed by atoms with Crippen LogP contribution < -0.4 is 14.2 Å². The number of rotatable bonds is 10. The highest BCUT2D eigenvalue weighted by Gasteiger charge is 2.34. The molecule has 166 valence electrons. The summed E-state index contributed by atoms with van der Waals surface area (Å²) < 4.78 is 23.4. The fourth-order valence-corrected chi connectivity index (χ4v) is 4.45. The first-order valence-electron chi connectivity index (χ1n) is 11.2. The third kappa shape index (κ3) is 4.55. The molecule has 2 aromatic carbocycles. The van der Waals surface area contributed by atoms with Crippen molar-refractivity contribution in [3.63, 3.8) is 0 Å². The third-order valence-corrected chi connectivity index (χ3v) is 5.81. The minimum Gasteiger partial charge on any atom is -0.494 e. The van der Waals surface area contributed by atoms with Crippen LogP contribution in [0.3, 0.4) is 0 Å². The first-order chi connectivity index (χ1) is 15.3. The molecule has 0 N–H and O–H groups in total. The van der Waals surface area contributed by atoms with E-state index in [-0.39, 0.29) is 5.92 Å². The Morgan fingerprint density at radius 2 is 1.77 bits per heavy atom. The molecular weight excluding hydrogens is 394 g/mol. The van der Waals surface area contributed by atoms with E-state index in [1.165, 1.54) is 0 Å². The Morgan fingerprint density at radius 1 is 1.00 bits per heavy atom. The molecule has 1 aliphatic heterocycles. The summed E-state index contributed by atoms with van der Waals surface area (Å²) in [6.45, 7) is 10.2. The van der Waals surface area contributed by atoms with Crippen molar-refractivity contribution in [1.82, 2.24) is 4.90 Å². The largest absolute Gasteiger partial charge is 0.494 e. The van der Waals surface area contributed by atoms with Gasteiger partial charge in [0.25, 0.3) is 0 Å². The molecule has 0 bridgehead atoms. The number of fused-ring (bicyclic) bond motifs is 3. The van der Waals surface area contributed by atoms with Crippen molar-refractivity contribution in [3.8, 4) is 28.4 Å². The van der Waals surface area contributed by atoms with Crippen molar-refractivity contribution < 1.29 is 23.7 Å². The molecule has 31 heavy (non-hydrogen) atoms. The zero-order valence-corrected chi connectivity index (χ0v) is 18.4. The molecule has 0 saturated carbocycles. The second-order valence-electron chi connectivity index (χ2n) is 7.74. The first-order valence-corrected chi connectivity index (χ1v) is 11.2. The summed E-state index contributed by atoms with van der Waals surface area (Å²) in [7, 11) is 0. The van der Waals surface area contributed by atoms with Gasteiger partial charge in [0.2, 0.25) is 0 Å². The van der Waals surface area contributed by atoms with Crippen molar-refractivity contribution in [2.75, 3.05) is 52.7 Å². The molecular formula is C25H31NO5. The average Bonchev–Trinajstić information content (AvgIpc) is 3.12. The Kier molecular flexibility index (Phi) is 7.10. The van der Waals surface area contributed by atoms with Crippen molar-refractivity contribution in [3.05, 3.63) is 41.5 Å². The fourth-order valence-electron chi connectivity index (χ4n) is 4.45. The van der Waals surface area contributed by atoms with Gasteiger partial charge in [-0.15, -0.1) is 0 Å². The topological polar surface area (TPSA) is 57.2 Å². The fraction of sp³-hybridized carbons (Fsp3) is 0.480. The highest BCUT2D eigenvalue weighted by Crippen LogP contribution is 2.53. The van der Waals surface area contributed by atoms with E-state index in [4.69, 9.17) is 18.9 Å². The number of ether oxygens (including phenoxy) is 4. The van der Waals surface area contributed by atoms with Gasteiger partial charge in [-0.2, -0.15) is 0 Å². The molecule has 0 spiro atoms. The lowest BCUT2D eigenvalue weighted by Crippen LogP contribution is -2.37. The number of carbonyl (C=O) groups excluding carboxylic acids is 1. The van der Waals surface area contributed by atoms with Crippen LogP contribution in [0.1, 0.15) is 37.3 Å². The first kappa shape index (κ1) is 21.7. The van der Waals surface area contributed by atoms with Gasteiger partial charge < -0.3 is 23.7 Å². The van der Waals surface area contributed by atoms with E-state index < -0.39 is 0 Å². The van der Waals surface area contributed by atoms with Gasteiger partial charge in [-0.25, -0.2) is 0 Å². The molecule has 6 nitrogen and oxygen atoms in total. The third-order valence-electron chi connectivity index (χ3n) is 5.81. The summed E-state index contributed by atoms with van der Waals surface area (Å²) in [5.41, 5.74) is 3.79. The molecule has 6 heteroatoms. The monoisotopic (exact) mass is 425 g/mol. The zero-order valence-electron chi connectivity index (χ0n) is 18.4. The number of nitrogens with zero attached hydrogens (tertiary/aromatic N) is 1. The lowest BCUT2D eigenvalue weighted by Gasteiger charge is -2.26. The van der Waals surface area contributed by atoms with Crippen LogP contribution in [0.4, 0.5) is 0 Å². The summed E-state index contributed by atoms with van der Waals surface area (Å²) in [5, 5.41) is 0. The minimum absolute atomic E-state index is 0.346. The van der Waals surface area contributed by atoms with Crippen LogP contribution in [0, 0.1) is 0 Å². The van der Waals surface area contributed by atoms with Crippen LogP contribution in [-0.4, -0.2) is 63.9 Å². The molecule has 4 rings (SSSR count). The van der Waals surface area contributed by atoms with Crippen LogP contribution in [0.25, 0.3) is 11.1 Å². The lowest BCUT2D eigenvalue weighted by atomic mass is 9.98. The van der Waals surface area contributed by atoms with E-state index in [0.29, 0.717) is 19.8 Å². The molecule has 1 heterocycles. The van der Waals surface area contributed by atoms with E-state index in [1.807, 2.05) is 44.2 Å². The molecule has 0 aromatic heterocycles. The van der Waals surface area contributed by atoms with Gasteiger partial charge in [0.05, 0.1) is 39.0 Å². The molecule has 2 aliphatic rings. The smallest absolute Gasteiger partial charge is 0.131 e. The number of hydrogen-bond donors (Lipinski definition) is 0. The Bertz CT molecular complexity index is 907. The molecule has 1 fully saturated rings. The van der Waals surface area contributed by atoms with Crippen LogP contribution in [-0.2, 0) is 9.53 Å². The molecule has 2 aromatic rings. The summed E-state index contributed by atoms with van der Waals surface area (Å²) in [5.74, 6) is 1.91. The predicted octanol–water partition coefficient (Wildman–Crippen LogP) is 3.90. The van der Waals surface area contributed by atoms with Crippen LogP contribution in [0.15, 0.2) is 30.3 Å². The Morgan fingerprint density at radius 3 is 2.52 bits per heavy atom. The molecule has 0 radical (unpaired) electrons. The van der Waals surface area contributed by atoms with Gasteiger partial charge >= 0.3 is 0 Å². The quantitative estimate of drug-likeness (QED) is 0.425. The van der Waals surface area contributed by atoms with Gasteiger partial charge in [-0.3, -0.25) is 4.90 Å². The summed E-state index contributed by atoms with van der Waals surface area (Å²) in [6.07, 6.45) is 1.94. The molecule has 1 atom stereocenters. The second-order valence-corrected chi connectivity index (χ2v) is 7.74. The van der Waals surface area contributed by atoms with Crippen LogP contribution in [0.5, 0.6) is 17.2 Å². The molecule has 0 amide bonds. The predicted molar refractivity (Wildman–Crippen MR) is 119 cm³/mol. The number of carbonyl (C=O) groups is 1. The Labute approximate surface area is 184 Å². The van der Waals surface area contributed by atoms with E-state index >= 15 is 0 Å². The lowest BCUT2D eigenvalue weighted by molar-refractivity contribution is -0.108.